The van der Waals surface area contributed by atoms with Crippen LogP contribution in [0.25, 0.3) is 0 Å². The molecule has 1 aliphatic carbocycles. The summed E-state index contributed by atoms with van der Waals surface area (Å²) >= 11 is 0. The van der Waals surface area contributed by atoms with Gasteiger partial charge < -0.3 is 4.90 Å². The molecule has 0 bridgehead atoms. The summed E-state index contributed by atoms with van der Waals surface area (Å²) in [5, 5.41) is 0. The van der Waals surface area contributed by atoms with Crippen molar-refractivity contribution in [3.05, 3.63) is 71.7 Å². The molecule has 2 aliphatic rings. The third-order valence-corrected chi connectivity index (χ3v) is 4.81. The normalized spacial score (nSPS) is 19.7. The van der Waals surface area contributed by atoms with E-state index in [2.05, 4.69) is 80.7 Å². The van der Waals surface area contributed by atoms with Crippen molar-refractivity contribution < 1.29 is 0 Å². The van der Waals surface area contributed by atoms with E-state index in [-0.39, 0.29) is 5.54 Å². The van der Waals surface area contributed by atoms with Crippen molar-refractivity contribution in [3.8, 4) is 0 Å². The largest absolute Gasteiger partial charge is 0.365 e. The van der Waals surface area contributed by atoms with Crippen LogP contribution in [0, 0.1) is 6.42 Å². The van der Waals surface area contributed by atoms with E-state index in [0.29, 0.717) is 0 Å². The predicted octanol–water partition coefficient (Wildman–Crippen LogP) is 5.25. The van der Waals surface area contributed by atoms with Crippen molar-refractivity contribution in [2.24, 2.45) is 0 Å². The minimum absolute atomic E-state index is 0.135. The van der Waals surface area contributed by atoms with Gasteiger partial charge in [0.25, 0.3) is 0 Å². The predicted molar refractivity (Wildman–Crippen MR) is 96.1 cm³/mol. The first-order valence-electron chi connectivity index (χ1n) is 8.31. The molecule has 114 valence electrons. The van der Waals surface area contributed by atoms with Gasteiger partial charge in [0, 0.05) is 60.5 Å². The second-order valence-electron chi connectivity index (χ2n) is 7.02. The highest BCUT2D eigenvalue weighted by Gasteiger charge is 2.32. The average molecular weight is 292 g/mol. The molecule has 0 radical (unpaired) electrons. The number of benzene rings is 1. The van der Waals surface area contributed by atoms with E-state index in [1.165, 1.54) is 35.2 Å². The second kappa shape index (κ2) is 6.08. The number of rotatable bonds is 3. The molecule has 0 aromatic heterocycles. The molecule has 22 heavy (non-hydrogen) atoms. The zero-order valence-corrected chi connectivity index (χ0v) is 14.0. The minimum atomic E-state index is 0.135. The Balaban J connectivity index is 1.85. The molecule has 0 unspecified atom stereocenters. The van der Waals surface area contributed by atoms with Gasteiger partial charge in [0.1, 0.15) is 0 Å². The van der Waals surface area contributed by atoms with E-state index in [9.17, 15) is 0 Å². The van der Waals surface area contributed by atoms with Crippen LogP contribution in [0.4, 0.5) is 5.69 Å². The number of hydrogen-bond donors (Lipinski definition) is 0. The van der Waals surface area contributed by atoms with Gasteiger partial charge in [-0.2, -0.15) is 0 Å². The third-order valence-electron chi connectivity index (χ3n) is 4.81. The fraction of sp³-hybridized carbons (Fsp3) is 0.381. The molecule has 0 saturated carbocycles. The number of hydrogen-bond acceptors (Lipinski definition) is 1. The molecular formula is C21H26N+. The van der Waals surface area contributed by atoms with Gasteiger partial charge in [-0.1, -0.05) is 18.2 Å². The van der Waals surface area contributed by atoms with E-state index in [1.54, 1.807) is 0 Å². The molecule has 0 spiro atoms. The van der Waals surface area contributed by atoms with Crippen molar-refractivity contribution in [2.45, 2.75) is 45.6 Å². The molecule has 0 atom stereocenters. The SMILES string of the molecule is C/C(CC(C)(C)N1CCCc2ccccc21)=C1\C=CC=C[CH+]1. The lowest BCUT2D eigenvalue weighted by molar-refractivity contribution is 0.439. The molecule has 1 aromatic carbocycles. The molecule has 1 aliphatic heterocycles. The lowest BCUT2D eigenvalue weighted by atomic mass is 9.87. The molecule has 0 saturated heterocycles. The van der Waals surface area contributed by atoms with E-state index >= 15 is 0 Å². The molecule has 1 aromatic rings. The molecule has 1 heteroatoms. The Hall–Kier alpha value is -1.89. The first-order valence-corrected chi connectivity index (χ1v) is 8.31. The van der Waals surface area contributed by atoms with Crippen molar-refractivity contribution in [2.75, 3.05) is 11.4 Å². The number of aryl methyl sites for hydroxylation is 1. The summed E-state index contributed by atoms with van der Waals surface area (Å²) in [5.74, 6) is 0. The Morgan fingerprint density at radius 2 is 2.05 bits per heavy atom. The summed E-state index contributed by atoms with van der Waals surface area (Å²) in [5.41, 5.74) is 5.89. The standard InChI is InChI=1S/C21H26N/c1-17(18-10-5-4-6-11-18)16-21(2,3)22-15-9-13-19-12-7-8-14-20(19)22/h4-8,10-12,14H,9,13,15-16H2,1-3H3/q+1. The highest BCUT2D eigenvalue weighted by atomic mass is 15.2. The van der Waals surface area contributed by atoms with Crippen LogP contribution < -0.4 is 4.90 Å². The number of allylic oxidation sites excluding steroid dienone is 5. The van der Waals surface area contributed by atoms with Crippen LogP contribution in [0.1, 0.15) is 39.2 Å². The van der Waals surface area contributed by atoms with E-state index in [1.807, 2.05) is 0 Å². The smallest absolute Gasteiger partial charge is 0.0945 e. The van der Waals surface area contributed by atoms with Gasteiger partial charge in [-0.25, -0.2) is 0 Å². The van der Waals surface area contributed by atoms with Crippen LogP contribution in [0.15, 0.2) is 59.7 Å². The van der Waals surface area contributed by atoms with Crippen LogP contribution in [0.2, 0.25) is 0 Å². The summed E-state index contributed by atoms with van der Waals surface area (Å²) in [4.78, 5) is 2.61. The molecule has 3 rings (SSSR count). The number of nitrogens with zero attached hydrogens (tertiary/aromatic N) is 1. The van der Waals surface area contributed by atoms with Gasteiger partial charge in [-0.05, 0) is 45.2 Å². The molecule has 0 fully saturated rings. The first kappa shape index (κ1) is 15.0. The Bertz CT molecular complexity index is 631. The first-order chi connectivity index (χ1) is 10.6. The van der Waals surface area contributed by atoms with Gasteiger partial charge in [0.05, 0.1) is 5.57 Å². The van der Waals surface area contributed by atoms with Gasteiger partial charge in [-0.3, -0.25) is 0 Å². The van der Waals surface area contributed by atoms with Crippen LogP contribution in [-0.2, 0) is 6.42 Å². The lowest BCUT2D eigenvalue weighted by Gasteiger charge is -2.43. The van der Waals surface area contributed by atoms with E-state index in [0.717, 1.165) is 13.0 Å². The Morgan fingerprint density at radius 3 is 2.82 bits per heavy atom. The molecular weight excluding hydrogens is 266 g/mol. The Labute approximate surface area is 135 Å². The number of para-hydroxylation sites is 1. The molecule has 0 N–H and O–H groups in total. The van der Waals surface area contributed by atoms with Crippen LogP contribution in [0.5, 0.6) is 0 Å². The summed E-state index contributed by atoms with van der Waals surface area (Å²) in [6.45, 7) is 8.18. The fourth-order valence-electron chi connectivity index (χ4n) is 3.73. The summed E-state index contributed by atoms with van der Waals surface area (Å²) in [6, 6.07) is 8.90. The van der Waals surface area contributed by atoms with Gasteiger partial charge in [-0.15, -0.1) is 0 Å². The highest BCUT2D eigenvalue weighted by molar-refractivity contribution is 5.57. The third kappa shape index (κ3) is 2.99. The molecule has 1 heterocycles. The van der Waals surface area contributed by atoms with Crippen LogP contribution >= 0.6 is 0 Å². The van der Waals surface area contributed by atoms with Crippen LogP contribution in [-0.4, -0.2) is 12.1 Å². The lowest BCUT2D eigenvalue weighted by Crippen LogP contribution is -2.47. The van der Waals surface area contributed by atoms with E-state index in [4.69, 9.17) is 0 Å². The topological polar surface area (TPSA) is 3.24 Å². The second-order valence-corrected chi connectivity index (χ2v) is 7.02. The Morgan fingerprint density at radius 1 is 1.23 bits per heavy atom. The van der Waals surface area contributed by atoms with E-state index < -0.39 is 0 Å². The Kier molecular flexibility index (Phi) is 4.15. The average Bonchev–Trinajstić information content (AvgIpc) is 2.54. The zero-order valence-electron chi connectivity index (χ0n) is 14.0. The number of fused-ring (bicyclic) bond motifs is 1. The van der Waals surface area contributed by atoms with Gasteiger partial charge in [0.15, 0.2) is 0 Å². The fourth-order valence-corrected chi connectivity index (χ4v) is 3.73. The summed E-state index contributed by atoms with van der Waals surface area (Å²) in [7, 11) is 0. The maximum absolute atomic E-state index is 2.61. The van der Waals surface area contributed by atoms with Crippen molar-refractivity contribution in [3.63, 3.8) is 0 Å². The van der Waals surface area contributed by atoms with Crippen LogP contribution in [0.3, 0.4) is 0 Å². The summed E-state index contributed by atoms with van der Waals surface area (Å²) in [6.07, 6.45) is 14.3. The number of anilines is 1. The van der Waals surface area contributed by atoms with Crippen molar-refractivity contribution in [1.82, 2.24) is 0 Å². The van der Waals surface area contributed by atoms with Crippen molar-refractivity contribution in [1.29, 1.82) is 0 Å². The summed E-state index contributed by atoms with van der Waals surface area (Å²) < 4.78 is 0. The zero-order chi connectivity index (χ0) is 15.6. The molecule has 0 amide bonds. The van der Waals surface area contributed by atoms with Gasteiger partial charge >= 0.3 is 0 Å². The molecule has 1 nitrogen and oxygen atoms in total. The maximum atomic E-state index is 2.61. The minimum Gasteiger partial charge on any atom is -0.365 e. The maximum Gasteiger partial charge on any atom is 0.0945 e. The van der Waals surface area contributed by atoms with Gasteiger partial charge in [0.2, 0.25) is 0 Å². The highest BCUT2D eigenvalue weighted by Crippen LogP contribution is 2.36. The monoisotopic (exact) mass is 292 g/mol. The van der Waals surface area contributed by atoms with Crippen molar-refractivity contribution >= 4 is 5.69 Å². The quantitative estimate of drug-likeness (QED) is 0.687.